The number of hydrogen-bond donors (Lipinski definition) is 0. The van der Waals surface area contributed by atoms with E-state index in [0.29, 0.717) is 33.0 Å². The lowest BCUT2D eigenvalue weighted by atomic mass is 9.33. The zero-order chi connectivity index (χ0) is 37.0. The third-order valence-electron chi connectivity index (χ3n) is 12.0. The van der Waals surface area contributed by atoms with E-state index in [1.165, 1.54) is 0 Å². The lowest BCUT2D eigenvalue weighted by Crippen LogP contribution is -2.83. The molecule has 7 aromatic rings. The molecule has 260 valence electrons. The second-order valence-electron chi connectivity index (χ2n) is 14.2. The molecule has 0 heterocycles. The Kier molecular flexibility index (Phi) is 6.61. The van der Waals surface area contributed by atoms with Gasteiger partial charge in [0.2, 0.25) is 34.6 Å². The van der Waals surface area contributed by atoms with Crippen LogP contribution in [0.1, 0.15) is 33.4 Å². The summed E-state index contributed by atoms with van der Waals surface area (Å²) in [5.41, 5.74) is -10.00. The van der Waals surface area contributed by atoms with Crippen LogP contribution in [0.5, 0.6) is 0 Å². The summed E-state index contributed by atoms with van der Waals surface area (Å²) in [6.07, 6.45) is 0. The van der Waals surface area contributed by atoms with Crippen LogP contribution in [-0.2, 0) is 20.4 Å². The van der Waals surface area contributed by atoms with E-state index in [-0.39, 0.29) is 33.4 Å². The van der Waals surface area contributed by atoms with E-state index in [1.54, 1.807) is 84.9 Å². The third kappa shape index (κ3) is 3.43. The van der Waals surface area contributed by atoms with E-state index in [0.717, 1.165) is 0 Å². The molecule has 7 aromatic carbocycles. The molecule has 4 atom stereocenters. The van der Waals surface area contributed by atoms with Gasteiger partial charge in [-0.1, -0.05) is 170 Å². The van der Waals surface area contributed by atoms with Crippen molar-refractivity contribution < 1.29 is 27.2 Å². The molecule has 6 heteroatoms. The second-order valence-corrected chi connectivity index (χ2v) is 14.2. The summed E-state index contributed by atoms with van der Waals surface area (Å²) in [5, 5.41) is 1.32. The van der Waals surface area contributed by atoms with Crippen molar-refractivity contribution in [3.63, 3.8) is 0 Å². The maximum atomic E-state index is 20.0. The quantitative estimate of drug-likeness (QED) is 0.170. The number of benzene rings is 7. The van der Waals surface area contributed by atoms with Gasteiger partial charge in [-0.3, -0.25) is 9.59 Å². The van der Waals surface area contributed by atoms with Crippen LogP contribution in [0.3, 0.4) is 0 Å². The van der Waals surface area contributed by atoms with Crippen LogP contribution < -0.4 is 0 Å². The zero-order valence-electron chi connectivity index (χ0n) is 28.5. The molecule has 0 radical (unpaired) electrons. The Morgan fingerprint density at radius 2 is 0.667 bits per heavy atom. The summed E-state index contributed by atoms with van der Waals surface area (Å²) in [6, 6.07) is 48.7. The topological polar surface area (TPSA) is 34.1 Å². The lowest BCUT2D eigenvalue weighted by molar-refractivity contribution is -0.174. The van der Waals surface area contributed by atoms with Crippen LogP contribution in [0.2, 0.25) is 0 Å². The van der Waals surface area contributed by atoms with Gasteiger partial charge in [0.1, 0.15) is 0 Å². The van der Waals surface area contributed by atoms with Gasteiger partial charge in [0.15, 0.2) is 0 Å². The van der Waals surface area contributed by atoms with Crippen molar-refractivity contribution in [1.82, 2.24) is 0 Å². The molecule has 54 heavy (non-hydrogen) atoms. The SMILES string of the molecule is O=C1C(F)=C(F)C(=O)C2(F)C3(c4ccccc4)c4ccccc4C(c4ccccc4)(c4c3c(-c3ccccc3)c3ccccc3c4-c3ccccc3)C12F. The van der Waals surface area contributed by atoms with Crippen molar-refractivity contribution in [1.29, 1.82) is 0 Å². The predicted molar refractivity (Wildman–Crippen MR) is 201 cm³/mol. The molecule has 0 fully saturated rings. The Labute approximate surface area is 308 Å². The van der Waals surface area contributed by atoms with Gasteiger partial charge in [-0.25, -0.2) is 8.78 Å². The summed E-state index contributed by atoms with van der Waals surface area (Å²) < 4.78 is 72.6. The summed E-state index contributed by atoms with van der Waals surface area (Å²) >= 11 is 0. The van der Waals surface area contributed by atoms with Crippen LogP contribution in [0, 0.1) is 0 Å². The Morgan fingerprint density at radius 3 is 1.02 bits per heavy atom. The second kappa shape index (κ2) is 11.1. The molecule has 4 aliphatic rings. The minimum Gasteiger partial charge on any atom is -0.288 e. The van der Waals surface area contributed by atoms with E-state index >= 15 is 17.6 Å². The zero-order valence-corrected chi connectivity index (χ0v) is 28.5. The van der Waals surface area contributed by atoms with Gasteiger partial charge in [0.25, 0.3) is 0 Å². The fourth-order valence-corrected chi connectivity index (χ4v) is 10.2. The van der Waals surface area contributed by atoms with Gasteiger partial charge in [0, 0.05) is 0 Å². The van der Waals surface area contributed by atoms with Gasteiger partial charge in [-0.05, 0) is 66.4 Å². The monoisotopic (exact) mass is 712 g/mol. The molecule has 0 aliphatic heterocycles. The molecule has 0 aromatic heterocycles. The molecule has 4 aliphatic carbocycles. The van der Waals surface area contributed by atoms with Crippen LogP contribution in [-0.4, -0.2) is 22.9 Å². The minimum atomic E-state index is -4.05. The Balaban J connectivity index is 1.64. The van der Waals surface area contributed by atoms with Crippen molar-refractivity contribution in [2.45, 2.75) is 22.2 Å². The first-order valence-electron chi connectivity index (χ1n) is 17.7. The Bertz CT molecular complexity index is 2560. The molecule has 0 saturated heterocycles. The number of rotatable bonds is 4. The highest BCUT2D eigenvalue weighted by molar-refractivity contribution is 6.24. The predicted octanol–water partition coefficient (Wildman–Crippen LogP) is 10.9. The van der Waals surface area contributed by atoms with E-state index in [4.69, 9.17) is 0 Å². The number of alkyl halides is 2. The molecule has 2 nitrogen and oxygen atoms in total. The highest BCUT2D eigenvalue weighted by Crippen LogP contribution is 2.77. The highest BCUT2D eigenvalue weighted by Gasteiger charge is 2.90. The average Bonchev–Trinajstić information content (AvgIpc) is 3.23. The number of fused-ring (bicyclic) bond motifs is 1. The van der Waals surface area contributed by atoms with Gasteiger partial charge in [0.05, 0.1) is 10.8 Å². The number of allylic oxidation sites excluding steroid dienone is 2. The summed E-state index contributed by atoms with van der Waals surface area (Å²) in [7, 11) is 0. The van der Waals surface area contributed by atoms with E-state index < -0.39 is 45.4 Å². The summed E-state index contributed by atoms with van der Waals surface area (Å²) in [6.45, 7) is 0. The van der Waals surface area contributed by atoms with Crippen molar-refractivity contribution >= 4 is 22.3 Å². The Morgan fingerprint density at radius 1 is 0.370 bits per heavy atom. The standard InChI is InChI=1S/C48H28F4O2/c49-41-42(50)44(54)48(52)46(32-23-11-4-12-24-32)36-28-16-15-27-35(36)45(47(48,51)43(41)53,31-21-9-3-10-22-31)39-37(29-17-5-1-6-18-29)33-25-13-14-26-34(33)38(40(39)46)30-19-7-2-8-20-30/h1-28H. The number of halogens is 4. The van der Waals surface area contributed by atoms with Gasteiger partial charge in [-0.2, -0.15) is 8.78 Å². The number of Topliss-reactive ketones (excluding diaryl/α,β-unsaturated/α-hetero) is 2. The summed E-state index contributed by atoms with van der Waals surface area (Å²) in [4.78, 5) is 29.7. The van der Waals surface area contributed by atoms with Gasteiger partial charge < -0.3 is 0 Å². The van der Waals surface area contributed by atoms with Crippen LogP contribution >= 0.6 is 0 Å². The summed E-state index contributed by atoms with van der Waals surface area (Å²) in [5.74, 6) is -8.57. The van der Waals surface area contributed by atoms with Gasteiger partial charge >= 0.3 is 0 Å². The largest absolute Gasteiger partial charge is 0.288 e. The minimum absolute atomic E-state index is 0.104. The molecule has 0 N–H and O–H groups in total. The third-order valence-corrected chi connectivity index (χ3v) is 12.0. The molecule has 11 rings (SSSR count). The fourth-order valence-electron chi connectivity index (χ4n) is 10.2. The molecular weight excluding hydrogens is 685 g/mol. The lowest BCUT2D eigenvalue weighted by Gasteiger charge is -2.68. The van der Waals surface area contributed by atoms with Crippen LogP contribution in [0.25, 0.3) is 33.0 Å². The number of carbonyl (C=O) groups excluding carboxylic acids is 2. The highest BCUT2D eigenvalue weighted by atomic mass is 19.2. The normalized spacial score (nSPS) is 25.3. The van der Waals surface area contributed by atoms with Crippen molar-refractivity contribution in [2.75, 3.05) is 0 Å². The number of carbonyl (C=O) groups is 2. The molecule has 2 bridgehead atoms. The fraction of sp³-hybridized carbons (Fsp3) is 0.0833. The van der Waals surface area contributed by atoms with Crippen molar-refractivity contribution in [3.05, 3.63) is 215 Å². The molecule has 0 saturated carbocycles. The van der Waals surface area contributed by atoms with E-state index in [9.17, 15) is 9.59 Å². The maximum absolute atomic E-state index is 20.0. The van der Waals surface area contributed by atoms with Crippen LogP contribution in [0.15, 0.2) is 182 Å². The van der Waals surface area contributed by atoms with Crippen molar-refractivity contribution in [3.8, 4) is 22.3 Å². The van der Waals surface area contributed by atoms with Gasteiger partial charge in [-0.15, -0.1) is 0 Å². The molecular formula is C48H28F4O2. The van der Waals surface area contributed by atoms with Crippen LogP contribution in [0.4, 0.5) is 17.6 Å². The van der Waals surface area contributed by atoms with E-state index in [2.05, 4.69) is 0 Å². The van der Waals surface area contributed by atoms with Crippen molar-refractivity contribution in [2.24, 2.45) is 0 Å². The Hall–Kier alpha value is -6.40. The molecule has 4 unspecified atom stereocenters. The first kappa shape index (κ1) is 32.3. The number of hydrogen-bond acceptors (Lipinski definition) is 2. The van der Waals surface area contributed by atoms with E-state index in [1.807, 2.05) is 84.9 Å². The molecule has 0 spiro atoms. The maximum Gasteiger partial charge on any atom is 0.237 e. The number of ketones is 2. The first-order chi connectivity index (χ1) is 26.3. The first-order valence-corrected chi connectivity index (χ1v) is 17.7. The smallest absolute Gasteiger partial charge is 0.237 e. The average molecular weight is 713 g/mol. The molecule has 0 amide bonds.